The third-order valence-electron chi connectivity index (χ3n) is 3.49. The molecule has 21 heavy (non-hydrogen) atoms. The summed E-state index contributed by atoms with van der Waals surface area (Å²) < 4.78 is 12.2. The molecule has 2 amide bonds. The van der Waals surface area contributed by atoms with Gasteiger partial charge in [-0.15, -0.1) is 0 Å². The molecule has 1 heterocycles. The van der Waals surface area contributed by atoms with Gasteiger partial charge < -0.3 is 10.6 Å². The number of nitrogens with zero attached hydrogens (tertiary/aromatic N) is 1. The molecule has 1 aromatic carbocycles. The van der Waals surface area contributed by atoms with Crippen molar-refractivity contribution in [2.45, 2.75) is 17.7 Å². The van der Waals surface area contributed by atoms with E-state index in [4.69, 9.17) is 17.3 Å². The Kier molecular flexibility index (Phi) is 5.36. The Morgan fingerprint density at radius 2 is 2.19 bits per heavy atom. The number of carbonyl (C=O) groups is 2. The van der Waals surface area contributed by atoms with E-state index in [-0.39, 0.29) is 23.5 Å². The Bertz CT molecular complexity index is 579. The molecule has 2 N–H and O–H groups in total. The number of hydrogen-bond donors (Lipinski definition) is 1. The average molecular weight is 329 g/mol. The Morgan fingerprint density at radius 1 is 1.43 bits per heavy atom. The third-order valence-corrected chi connectivity index (χ3v) is 5.01. The lowest BCUT2D eigenvalue weighted by atomic mass is 9.97. The van der Waals surface area contributed by atoms with E-state index in [0.717, 1.165) is 6.42 Å². The number of benzene rings is 1. The SMILES string of the molecule is NC(=O)[C@H]1CCCN(C(=O)C[S@@](=O)c2cccc(Cl)c2)C1. The van der Waals surface area contributed by atoms with Gasteiger partial charge in [0.15, 0.2) is 0 Å². The maximum Gasteiger partial charge on any atom is 0.235 e. The van der Waals surface area contributed by atoms with E-state index in [1.54, 1.807) is 29.2 Å². The van der Waals surface area contributed by atoms with Crippen molar-refractivity contribution < 1.29 is 13.8 Å². The molecule has 0 aromatic heterocycles. The second-order valence-electron chi connectivity index (χ2n) is 5.03. The number of piperidine rings is 1. The molecule has 0 spiro atoms. The maximum atomic E-state index is 12.2. The lowest BCUT2D eigenvalue weighted by Gasteiger charge is -2.31. The standard InChI is InChI=1S/C14H17ClN2O3S/c15-11-4-1-5-12(7-11)21(20)9-13(18)17-6-2-3-10(8-17)14(16)19/h1,4-5,7,10H,2-3,6,8-9H2,(H2,16,19)/t10-,21+/m0/s1. The molecule has 1 saturated heterocycles. The van der Waals surface area contributed by atoms with Crippen LogP contribution < -0.4 is 5.73 Å². The molecule has 2 rings (SSSR count). The lowest BCUT2D eigenvalue weighted by molar-refractivity contribution is -0.132. The van der Waals surface area contributed by atoms with E-state index in [1.165, 1.54) is 0 Å². The highest BCUT2D eigenvalue weighted by atomic mass is 35.5. The molecule has 1 fully saturated rings. The van der Waals surface area contributed by atoms with Gasteiger partial charge in [-0.3, -0.25) is 13.8 Å². The second kappa shape index (κ2) is 7.04. The summed E-state index contributed by atoms with van der Waals surface area (Å²) in [4.78, 5) is 25.5. The van der Waals surface area contributed by atoms with E-state index in [2.05, 4.69) is 0 Å². The minimum Gasteiger partial charge on any atom is -0.369 e. The zero-order chi connectivity index (χ0) is 15.4. The van der Waals surface area contributed by atoms with Crippen LogP contribution in [0.1, 0.15) is 12.8 Å². The molecule has 1 aromatic rings. The molecule has 0 aliphatic carbocycles. The first-order valence-corrected chi connectivity index (χ1v) is 8.38. The number of likely N-dealkylation sites (tertiary alicyclic amines) is 1. The average Bonchev–Trinajstić information content (AvgIpc) is 2.47. The van der Waals surface area contributed by atoms with E-state index in [9.17, 15) is 13.8 Å². The van der Waals surface area contributed by atoms with Crippen molar-refractivity contribution in [1.29, 1.82) is 0 Å². The summed E-state index contributed by atoms with van der Waals surface area (Å²) in [5, 5.41) is 0.486. The molecule has 0 radical (unpaired) electrons. The van der Waals surface area contributed by atoms with Crippen molar-refractivity contribution in [3.63, 3.8) is 0 Å². The molecule has 1 aliphatic heterocycles. The van der Waals surface area contributed by atoms with Gasteiger partial charge >= 0.3 is 0 Å². The van der Waals surface area contributed by atoms with E-state index < -0.39 is 10.8 Å². The van der Waals surface area contributed by atoms with Crippen LogP contribution in [0.25, 0.3) is 0 Å². The van der Waals surface area contributed by atoms with Gasteiger partial charge in [0.1, 0.15) is 5.75 Å². The van der Waals surface area contributed by atoms with Crippen molar-refractivity contribution in [2.75, 3.05) is 18.8 Å². The zero-order valence-corrected chi connectivity index (χ0v) is 13.0. The smallest absolute Gasteiger partial charge is 0.235 e. The van der Waals surface area contributed by atoms with Gasteiger partial charge in [-0.2, -0.15) is 0 Å². The summed E-state index contributed by atoms with van der Waals surface area (Å²) in [7, 11) is -1.44. The topological polar surface area (TPSA) is 80.5 Å². The molecular weight excluding hydrogens is 312 g/mol. The van der Waals surface area contributed by atoms with Gasteiger partial charge in [0.2, 0.25) is 11.8 Å². The summed E-state index contributed by atoms with van der Waals surface area (Å²) in [6.07, 6.45) is 1.44. The summed E-state index contributed by atoms with van der Waals surface area (Å²) in [5.74, 6) is -1.02. The summed E-state index contributed by atoms with van der Waals surface area (Å²) in [6, 6.07) is 6.65. The Hall–Kier alpha value is -1.40. The van der Waals surface area contributed by atoms with Crippen molar-refractivity contribution >= 4 is 34.2 Å². The van der Waals surface area contributed by atoms with E-state index >= 15 is 0 Å². The molecule has 114 valence electrons. The Labute approximate surface area is 130 Å². The van der Waals surface area contributed by atoms with Crippen molar-refractivity contribution in [3.05, 3.63) is 29.3 Å². The van der Waals surface area contributed by atoms with Gasteiger partial charge in [-0.1, -0.05) is 17.7 Å². The van der Waals surface area contributed by atoms with Crippen molar-refractivity contribution in [1.82, 2.24) is 4.90 Å². The highest BCUT2D eigenvalue weighted by molar-refractivity contribution is 7.85. The molecule has 0 bridgehead atoms. The number of amides is 2. The van der Waals surface area contributed by atoms with Crippen LogP contribution >= 0.6 is 11.6 Å². The molecule has 0 unspecified atom stereocenters. The fourth-order valence-electron chi connectivity index (χ4n) is 2.33. The highest BCUT2D eigenvalue weighted by Crippen LogP contribution is 2.18. The first-order valence-electron chi connectivity index (χ1n) is 6.68. The van der Waals surface area contributed by atoms with Gasteiger partial charge in [0.05, 0.1) is 16.7 Å². The second-order valence-corrected chi connectivity index (χ2v) is 6.92. The van der Waals surface area contributed by atoms with Crippen molar-refractivity contribution in [2.24, 2.45) is 11.7 Å². The molecule has 1 aliphatic rings. The van der Waals surface area contributed by atoms with Crippen LogP contribution in [0.2, 0.25) is 5.02 Å². The normalized spacial score (nSPS) is 20.0. The Morgan fingerprint density at radius 3 is 2.86 bits per heavy atom. The molecule has 2 atom stereocenters. The van der Waals surface area contributed by atoms with Crippen LogP contribution in [0.5, 0.6) is 0 Å². The fourth-order valence-corrected chi connectivity index (χ4v) is 3.65. The quantitative estimate of drug-likeness (QED) is 0.901. The van der Waals surface area contributed by atoms with E-state index in [1.807, 2.05) is 0 Å². The number of primary amides is 1. The monoisotopic (exact) mass is 328 g/mol. The van der Waals surface area contributed by atoms with Gasteiger partial charge in [0.25, 0.3) is 0 Å². The molecule has 7 heteroatoms. The maximum absolute atomic E-state index is 12.2. The number of hydrogen-bond acceptors (Lipinski definition) is 3. The minimum absolute atomic E-state index is 0.105. The molecular formula is C14H17ClN2O3S. The van der Waals surface area contributed by atoms with Crippen LogP contribution in [0.15, 0.2) is 29.2 Å². The van der Waals surface area contributed by atoms with Crippen LogP contribution in [0.3, 0.4) is 0 Å². The van der Waals surface area contributed by atoms with Crippen LogP contribution in [-0.2, 0) is 20.4 Å². The largest absolute Gasteiger partial charge is 0.369 e. The summed E-state index contributed by atoms with van der Waals surface area (Å²) >= 11 is 5.85. The predicted molar refractivity (Wildman–Crippen MR) is 81.2 cm³/mol. The Balaban J connectivity index is 1.97. The van der Waals surface area contributed by atoms with Gasteiger partial charge in [-0.25, -0.2) is 0 Å². The number of rotatable bonds is 4. The number of carbonyl (C=O) groups excluding carboxylic acids is 2. The van der Waals surface area contributed by atoms with Crippen LogP contribution in [0.4, 0.5) is 0 Å². The first-order chi connectivity index (χ1) is 9.97. The summed E-state index contributed by atoms with van der Waals surface area (Å²) in [6.45, 7) is 0.899. The fraction of sp³-hybridized carbons (Fsp3) is 0.429. The summed E-state index contributed by atoms with van der Waals surface area (Å²) in [5.41, 5.74) is 5.29. The third kappa shape index (κ3) is 4.28. The molecule has 0 saturated carbocycles. The lowest BCUT2D eigenvalue weighted by Crippen LogP contribution is -2.45. The predicted octanol–water partition coefficient (Wildman–Crippen LogP) is 1.17. The van der Waals surface area contributed by atoms with Crippen molar-refractivity contribution in [3.8, 4) is 0 Å². The minimum atomic E-state index is -1.44. The van der Waals surface area contributed by atoms with Gasteiger partial charge in [-0.05, 0) is 31.0 Å². The van der Waals surface area contributed by atoms with Crippen LogP contribution in [0, 0.1) is 5.92 Å². The van der Waals surface area contributed by atoms with E-state index in [0.29, 0.717) is 29.4 Å². The number of halogens is 1. The first kappa shape index (κ1) is 16.0. The zero-order valence-electron chi connectivity index (χ0n) is 11.5. The highest BCUT2D eigenvalue weighted by Gasteiger charge is 2.27. The van der Waals surface area contributed by atoms with Crippen LogP contribution in [-0.4, -0.2) is 39.8 Å². The number of nitrogens with two attached hydrogens (primary N) is 1. The van der Waals surface area contributed by atoms with Gasteiger partial charge in [0, 0.05) is 23.0 Å². The molecule has 5 nitrogen and oxygen atoms in total.